The molecule has 1 unspecified atom stereocenters. The van der Waals surface area contributed by atoms with Gasteiger partial charge >= 0.3 is 6.09 Å². The zero-order chi connectivity index (χ0) is 17.8. The molecule has 1 atom stereocenters. The van der Waals surface area contributed by atoms with E-state index in [0.29, 0.717) is 0 Å². The Morgan fingerprint density at radius 1 is 1.35 bits per heavy atom. The first kappa shape index (κ1) is 19.2. The summed E-state index contributed by atoms with van der Waals surface area (Å²) in [6.07, 6.45) is -0.852. The molecular weight excluding hydrogens is 327 g/mol. The van der Waals surface area contributed by atoms with Gasteiger partial charge in [-0.25, -0.2) is 14.2 Å². The highest BCUT2D eigenvalue weighted by molar-refractivity contribution is 6.30. The molecule has 128 valence electrons. The number of carbonyl (C=O) groups is 2. The van der Waals surface area contributed by atoms with Gasteiger partial charge in [0.1, 0.15) is 17.5 Å². The number of benzene rings is 1. The molecular formula is C15H20ClFN2O4. The summed E-state index contributed by atoms with van der Waals surface area (Å²) < 4.78 is 19.2. The summed E-state index contributed by atoms with van der Waals surface area (Å²) in [6, 6.07) is 2.48. The maximum absolute atomic E-state index is 14.1. The monoisotopic (exact) mass is 346 g/mol. The number of hydrogen-bond acceptors (Lipinski definition) is 4. The van der Waals surface area contributed by atoms with E-state index in [1.54, 1.807) is 20.8 Å². The van der Waals surface area contributed by atoms with Gasteiger partial charge in [-0.15, -0.1) is 0 Å². The smallest absolute Gasteiger partial charge is 0.408 e. The number of alkyl carbamates (subject to hydrolysis) is 1. The van der Waals surface area contributed by atoms with Gasteiger partial charge in [-0.05, 0) is 32.9 Å². The predicted molar refractivity (Wildman–Crippen MR) is 83.3 cm³/mol. The minimum Gasteiger partial charge on any atom is -0.444 e. The molecule has 0 spiro atoms. The molecule has 0 aliphatic carbocycles. The summed E-state index contributed by atoms with van der Waals surface area (Å²) in [6.45, 7) is 5.02. The van der Waals surface area contributed by atoms with Crippen molar-refractivity contribution in [2.45, 2.75) is 32.4 Å². The van der Waals surface area contributed by atoms with Crippen molar-refractivity contribution in [1.82, 2.24) is 10.4 Å². The van der Waals surface area contributed by atoms with E-state index in [2.05, 4.69) is 5.32 Å². The molecule has 1 aromatic carbocycles. The summed E-state index contributed by atoms with van der Waals surface area (Å²) in [7, 11) is 2.63. The van der Waals surface area contributed by atoms with E-state index >= 15 is 0 Å². The maximum atomic E-state index is 14.1. The van der Waals surface area contributed by atoms with Gasteiger partial charge in [0.25, 0.3) is 5.91 Å². The van der Waals surface area contributed by atoms with Crippen molar-refractivity contribution >= 4 is 23.6 Å². The van der Waals surface area contributed by atoms with Crippen LogP contribution in [0.4, 0.5) is 9.18 Å². The quantitative estimate of drug-likeness (QED) is 0.851. The standard InChI is InChI=1S/C15H20ClFN2O4/c1-15(2,3)23-14(21)18-12(13(20)19(4)22-5)10-7-6-9(16)8-11(10)17/h6-8,12H,1-5H3,(H,18,21). The highest BCUT2D eigenvalue weighted by atomic mass is 35.5. The molecule has 23 heavy (non-hydrogen) atoms. The van der Waals surface area contributed by atoms with Crippen LogP contribution in [-0.2, 0) is 14.4 Å². The lowest BCUT2D eigenvalue weighted by atomic mass is 10.1. The van der Waals surface area contributed by atoms with E-state index in [9.17, 15) is 14.0 Å². The van der Waals surface area contributed by atoms with Crippen molar-refractivity contribution in [2.75, 3.05) is 14.2 Å². The van der Waals surface area contributed by atoms with Crippen molar-refractivity contribution in [3.63, 3.8) is 0 Å². The fraction of sp³-hybridized carbons (Fsp3) is 0.467. The third-order valence-corrected chi connectivity index (χ3v) is 3.00. The van der Waals surface area contributed by atoms with E-state index in [-0.39, 0.29) is 10.6 Å². The van der Waals surface area contributed by atoms with Crippen molar-refractivity contribution in [3.8, 4) is 0 Å². The number of rotatable bonds is 4. The number of hydroxylamine groups is 2. The van der Waals surface area contributed by atoms with Gasteiger partial charge in [0.2, 0.25) is 0 Å². The number of nitrogens with zero attached hydrogens (tertiary/aromatic N) is 1. The number of halogens is 2. The van der Waals surface area contributed by atoms with Gasteiger partial charge in [0.05, 0.1) is 7.11 Å². The molecule has 1 N–H and O–H groups in total. The second-order valence-electron chi connectivity index (χ2n) is 5.76. The maximum Gasteiger partial charge on any atom is 0.408 e. The lowest BCUT2D eigenvalue weighted by Gasteiger charge is -2.25. The molecule has 0 saturated heterocycles. The summed E-state index contributed by atoms with van der Waals surface area (Å²) >= 11 is 5.71. The van der Waals surface area contributed by atoms with Crippen LogP contribution >= 0.6 is 11.6 Å². The van der Waals surface area contributed by atoms with Crippen LogP contribution in [0.5, 0.6) is 0 Å². The zero-order valence-electron chi connectivity index (χ0n) is 13.6. The third-order valence-electron chi connectivity index (χ3n) is 2.77. The van der Waals surface area contributed by atoms with Crippen LogP contribution < -0.4 is 5.32 Å². The van der Waals surface area contributed by atoms with Crippen LogP contribution in [0.2, 0.25) is 5.02 Å². The molecule has 2 amide bonds. The zero-order valence-corrected chi connectivity index (χ0v) is 14.4. The molecule has 0 aliphatic rings. The van der Waals surface area contributed by atoms with Crippen molar-refractivity contribution in [3.05, 3.63) is 34.6 Å². The minimum absolute atomic E-state index is 0.0471. The van der Waals surface area contributed by atoms with Crippen LogP contribution in [-0.4, -0.2) is 36.8 Å². The average Bonchev–Trinajstić information content (AvgIpc) is 2.42. The van der Waals surface area contributed by atoms with Crippen molar-refractivity contribution < 1.29 is 23.6 Å². The summed E-state index contributed by atoms with van der Waals surface area (Å²) in [5, 5.41) is 3.41. The van der Waals surface area contributed by atoms with Gasteiger partial charge in [0, 0.05) is 17.6 Å². The SMILES string of the molecule is CON(C)C(=O)C(NC(=O)OC(C)(C)C)c1ccc(Cl)cc1F. The molecule has 0 aromatic heterocycles. The van der Waals surface area contributed by atoms with E-state index in [1.165, 1.54) is 26.3 Å². The molecule has 0 bridgehead atoms. The molecule has 0 radical (unpaired) electrons. The predicted octanol–water partition coefficient (Wildman–Crippen LogP) is 3.06. The molecule has 6 nitrogen and oxygen atoms in total. The third kappa shape index (κ3) is 5.69. The Morgan fingerprint density at radius 2 is 1.96 bits per heavy atom. The lowest BCUT2D eigenvalue weighted by molar-refractivity contribution is -0.171. The first-order valence-corrected chi connectivity index (χ1v) is 7.19. The number of carbonyl (C=O) groups excluding carboxylic acids is 2. The van der Waals surface area contributed by atoms with E-state index in [0.717, 1.165) is 11.1 Å². The number of ether oxygens (including phenoxy) is 1. The number of likely N-dealkylation sites (N-methyl/N-ethyl adjacent to an activating group) is 1. The highest BCUT2D eigenvalue weighted by Gasteiger charge is 2.30. The highest BCUT2D eigenvalue weighted by Crippen LogP contribution is 2.23. The van der Waals surface area contributed by atoms with E-state index in [4.69, 9.17) is 21.2 Å². The van der Waals surface area contributed by atoms with Gasteiger partial charge in [0.15, 0.2) is 0 Å². The molecule has 0 heterocycles. The number of amides is 2. The van der Waals surface area contributed by atoms with Crippen molar-refractivity contribution in [2.24, 2.45) is 0 Å². The van der Waals surface area contributed by atoms with Crippen LogP contribution in [0, 0.1) is 5.82 Å². The van der Waals surface area contributed by atoms with Crippen LogP contribution in [0.25, 0.3) is 0 Å². The molecule has 0 aliphatic heterocycles. The van der Waals surface area contributed by atoms with Crippen LogP contribution in [0.1, 0.15) is 32.4 Å². The van der Waals surface area contributed by atoms with Gasteiger partial charge in [-0.1, -0.05) is 17.7 Å². The molecule has 0 saturated carbocycles. The summed E-state index contributed by atoms with van der Waals surface area (Å²) in [5.41, 5.74) is -0.808. The average molecular weight is 347 g/mol. The Balaban J connectivity index is 3.12. The fourth-order valence-corrected chi connectivity index (χ4v) is 1.86. The van der Waals surface area contributed by atoms with Crippen molar-refractivity contribution in [1.29, 1.82) is 0 Å². The molecule has 1 aromatic rings. The Bertz CT molecular complexity index is 589. The van der Waals surface area contributed by atoms with Gasteiger partial charge in [-0.3, -0.25) is 9.63 Å². The Labute approximate surface area is 139 Å². The Kier molecular flexibility index (Phi) is 6.35. The molecule has 1 rings (SSSR count). The summed E-state index contributed by atoms with van der Waals surface area (Å²) in [5.74, 6) is -1.39. The first-order valence-electron chi connectivity index (χ1n) is 6.81. The molecule has 8 heteroatoms. The van der Waals surface area contributed by atoms with Crippen LogP contribution in [0.15, 0.2) is 18.2 Å². The van der Waals surface area contributed by atoms with E-state index in [1.807, 2.05) is 0 Å². The molecule has 0 fully saturated rings. The number of hydrogen-bond donors (Lipinski definition) is 1. The second-order valence-corrected chi connectivity index (χ2v) is 6.20. The van der Waals surface area contributed by atoms with Gasteiger partial charge < -0.3 is 10.1 Å². The normalized spacial score (nSPS) is 12.5. The Hall–Kier alpha value is -1.86. The minimum atomic E-state index is -1.31. The second kappa shape index (κ2) is 7.61. The first-order chi connectivity index (χ1) is 10.5. The van der Waals surface area contributed by atoms with Gasteiger partial charge in [-0.2, -0.15) is 0 Å². The topological polar surface area (TPSA) is 67.9 Å². The van der Waals surface area contributed by atoms with E-state index < -0.39 is 29.5 Å². The lowest BCUT2D eigenvalue weighted by Crippen LogP contribution is -2.43. The Morgan fingerprint density at radius 3 is 2.43 bits per heavy atom. The number of nitrogens with one attached hydrogen (secondary N) is 1. The largest absolute Gasteiger partial charge is 0.444 e. The summed E-state index contributed by atoms with van der Waals surface area (Å²) in [4.78, 5) is 29.1. The fourth-order valence-electron chi connectivity index (χ4n) is 1.71. The van der Waals surface area contributed by atoms with Crippen LogP contribution in [0.3, 0.4) is 0 Å².